The molecule has 0 unspecified atom stereocenters. The summed E-state index contributed by atoms with van der Waals surface area (Å²) in [4.78, 5) is 30.1. The smallest absolute Gasteiger partial charge is 0.267 e. The number of aryl methyl sites for hydroxylation is 1. The minimum absolute atomic E-state index is 0.000356. The van der Waals surface area contributed by atoms with Gasteiger partial charge < -0.3 is 9.88 Å². The van der Waals surface area contributed by atoms with Crippen LogP contribution < -0.4 is 16.4 Å². The summed E-state index contributed by atoms with van der Waals surface area (Å²) in [7, 11) is 0. The summed E-state index contributed by atoms with van der Waals surface area (Å²) in [6.07, 6.45) is 3.26. The summed E-state index contributed by atoms with van der Waals surface area (Å²) in [5, 5.41) is 11.5. The van der Waals surface area contributed by atoms with Crippen molar-refractivity contribution in [1.82, 2.24) is 19.3 Å². The first-order chi connectivity index (χ1) is 12.3. The predicted octanol–water partition coefficient (Wildman–Crippen LogP) is 1.76. The van der Waals surface area contributed by atoms with Crippen molar-refractivity contribution in [2.24, 2.45) is 0 Å². The highest BCUT2D eigenvalue weighted by Crippen LogP contribution is 2.12. The van der Waals surface area contributed by atoms with Crippen LogP contribution in [-0.4, -0.2) is 25.9 Å². The van der Waals surface area contributed by atoms with E-state index in [1.165, 1.54) is 15.0 Å². The summed E-state index contributed by atoms with van der Waals surface area (Å²) in [5.41, 5.74) is 1.62. The Morgan fingerprint density at radius 3 is 2.81 bits per heavy atom. The van der Waals surface area contributed by atoms with E-state index in [0.717, 1.165) is 5.56 Å². The molecule has 0 aliphatic rings. The topological polar surface area (TPSA) is 92.2 Å². The highest BCUT2D eigenvalue weighted by molar-refractivity contribution is 5.97. The lowest BCUT2D eigenvalue weighted by Gasteiger charge is -2.15. The lowest BCUT2D eigenvalue weighted by Crippen LogP contribution is -2.37. The molecule has 0 atom stereocenters. The Hall–Kier alpha value is -3.22. The zero-order valence-corrected chi connectivity index (χ0v) is 15.0. The third-order valence-corrected chi connectivity index (χ3v) is 4.11. The molecule has 3 heterocycles. The maximum Gasteiger partial charge on any atom is 0.267 e. The molecule has 26 heavy (non-hydrogen) atoms. The van der Waals surface area contributed by atoms with E-state index >= 15 is 0 Å². The molecule has 0 aliphatic carbocycles. The standard InChI is InChI=1S/C19H21N5O2/c1-5-8-23-15(20)13(18(25)21-11(2)3)10-14-17(23)22-16-12(4)7-6-9-24(16)19(14)26/h5-7,9-11,20H,1,8H2,2-4H3,(H,21,25). The maximum atomic E-state index is 13.0. The lowest BCUT2D eigenvalue weighted by atomic mass is 10.1. The number of aromatic nitrogens is 3. The van der Waals surface area contributed by atoms with Gasteiger partial charge in [-0.05, 0) is 38.5 Å². The van der Waals surface area contributed by atoms with Crippen LogP contribution in [0, 0.1) is 12.3 Å². The van der Waals surface area contributed by atoms with Gasteiger partial charge in [0.2, 0.25) is 0 Å². The molecule has 0 radical (unpaired) electrons. The number of hydrogen-bond acceptors (Lipinski definition) is 4. The fourth-order valence-electron chi connectivity index (χ4n) is 2.92. The van der Waals surface area contributed by atoms with E-state index in [4.69, 9.17) is 5.41 Å². The zero-order chi connectivity index (χ0) is 19.0. The fourth-order valence-corrected chi connectivity index (χ4v) is 2.92. The van der Waals surface area contributed by atoms with Crippen molar-refractivity contribution in [3.63, 3.8) is 0 Å². The first-order valence-electron chi connectivity index (χ1n) is 8.37. The number of allylic oxidation sites excluding steroid dienone is 1. The molecule has 7 nitrogen and oxygen atoms in total. The maximum absolute atomic E-state index is 13.0. The molecule has 0 saturated carbocycles. The van der Waals surface area contributed by atoms with E-state index < -0.39 is 5.91 Å². The quantitative estimate of drug-likeness (QED) is 0.554. The summed E-state index contributed by atoms with van der Waals surface area (Å²) >= 11 is 0. The van der Waals surface area contributed by atoms with Crippen molar-refractivity contribution in [1.29, 1.82) is 5.41 Å². The molecule has 0 aromatic carbocycles. The first kappa shape index (κ1) is 17.6. The second-order valence-corrected chi connectivity index (χ2v) is 6.47. The molecule has 0 fully saturated rings. The monoisotopic (exact) mass is 351 g/mol. The van der Waals surface area contributed by atoms with Gasteiger partial charge in [-0.25, -0.2) is 4.98 Å². The number of nitrogens with one attached hydrogen (secondary N) is 2. The summed E-state index contributed by atoms with van der Waals surface area (Å²) in [5.74, 6) is -0.390. The summed E-state index contributed by atoms with van der Waals surface area (Å²) in [6.45, 7) is 9.54. The fraction of sp³-hybridized carbons (Fsp3) is 0.263. The van der Waals surface area contributed by atoms with Crippen LogP contribution >= 0.6 is 0 Å². The van der Waals surface area contributed by atoms with Crippen LogP contribution in [0.1, 0.15) is 29.8 Å². The highest BCUT2D eigenvalue weighted by Gasteiger charge is 2.17. The molecule has 0 aliphatic heterocycles. The average Bonchev–Trinajstić information content (AvgIpc) is 2.58. The Morgan fingerprint density at radius 2 is 2.15 bits per heavy atom. The lowest BCUT2D eigenvalue weighted by molar-refractivity contribution is 0.0940. The van der Waals surface area contributed by atoms with Crippen molar-refractivity contribution in [2.45, 2.75) is 33.4 Å². The largest absolute Gasteiger partial charge is 0.350 e. The SMILES string of the molecule is C=CCn1c(=N)c(C(=O)NC(C)C)cc2c(=O)n3cccc(C)c3nc21. The van der Waals surface area contributed by atoms with Gasteiger partial charge in [0.15, 0.2) is 0 Å². The number of carbonyl (C=O) groups is 1. The molecule has 3 aromatic rings. The molecule has 3 aromatic heterocycles. The minimum Gasteiger partial charge on any atom is -0.350 e. The van der Waals surface area contributed by atoms with Crippen LogP contribution in [0.3, 0.4) is 0 Å². The van der Waals surface area contributed by atoms with Crippen molar-refractivity contribution < 1.29 is 4.79 Å². The van der Waals surface area contributed by atoms with Gasteiger partial charge in [0.1, 0.15) is 16.8 Å². The number of rotatable bonds is 4. The molecule has 1 amide bonds. The van der Waals surface area contributed by atoms with Gasteiger partial charge in [0.05, 0.1) is 10.9 Å². The molecular weight excluding hydrogens is 330 g/mol. The first-order valence-corrected chi connectivity index (χ1v) is 8.37. The van der Waals surface area contributed by atoms with Gasteiger partial charge in [0.25, 0.3) is 11.5 Å². The second-order valence-electron chi connectivity index (χ2n) is 6.47. The van der Waals surface area contributed by atoms with Gasteiger partial charge in [-0.3, -0.25) is 19.4 Å². The van der Waals surface area contributed by atoms with Gasteiger partial charge in [-0.1, -0.05) is 12.1 Å². The number of nitrogens with zero attached hydrogens (tertiary/aromatic N) is 3. The normalized spacial score (nSPS) is 11.2. The van der Waals surface area contributed by atoms with Gasteiger partial charge in [-0.15, -0.1) is 6.58 Å². The molecule has 3 rings (SSSR count). The van der Waals surface area contributed by atoms with Crippen molar-refractivity contribution >= 4 is 22.6 Å². The molecule has 0 spiro atoms. The van der Waals surface area contributed by atoms with Crippen molar-refractivity contribution in [3.05, 3.63) is 64.0 Å². The minimum atomic E-state index is -0.390. The average molecular weight is 351 g/mol. The molecule has 2 N–H and O–H groups in total. The zero-order valence-electron chi connectivity index (χ0n) is 15.0. The third kappa shape index (κ3) is 2.81. The van der Waals surface area contributed by atoms with E-state index in [1.54, 1.807) is 18.3 Å². The second kappa shape index (κ2) is 6.59. The number of amides is 1. The Balaban J connectivity index is 2.46. The number of hydrogen-bond donors (Lipinski definition) is 2. The van der Waals surface area contributed by atoms with Crippen molar-refractivity contribution in [2.75, 3.05) is 0 Å². The van der Waals surface area contributed by atoms with Crippen LogP contribution in [0.2, 0.25) is 0 Å². The van der Waals surface area contributed by atoms with Crippen LogP contribution in [0.4, 0.5) is 0 Å². The van der Waals surface area contributed by atoms with Gasteiger partial charge in [0, 0.05) is 18.8 Å². The molecule has 0 saturated heterocycles. The molecule has 0 bridgehead atoms. The summed E-state index contributed by atoms with van der Waals surface area (Å²) < 4.78 is 3.00. The van der Waals surface area contributed by atoms with Crippen LogP contribution in [-0.2, 0) is 6.54 Å². The Labute approximate surface area is 150 Å². The Morgan fingerprint density at radius 1 is 1.42 bits per heavy atom. The molecule has 134 valence electrons. The van der Waals surface area contributed by atoms with E-state index in [9.17, 15) is 9.59 Å². The van der Waals surface area contributed by atoms with Crippen LogP contribution in [0.5, 0.6) is 0 Å². The van der Waals surface area contributed by atoms with E-state index in [2.05, 4.69) is 16.9 Å². The highest BCUT2D eigenvalue weighted by atomic mass is 16.1. The van der Waals surface area contributed by atoms with Gasteiger partial charge in [-0.2, -0.15) is 0 Å². The summed E-state index contributed by atoms with van der Waals surface area (Å²) in [6, 6.07) is 5.03. The number of pyridine rings is 2. The molecule has 7 heteroatoms. The Kier molecular flexibility index (Phi) is 4.46. The van der Waals surface area contributed by atoms with Gasteiger partial charge >= 0.3 is 0 Å². The van der Waals surface area contributed by atoms with E-state index in [-0.39, 0.29) is 29.2 Å². The number of carbonyl (C=O) groups excluding carboxylic acids is 1. The Bertz CT molecular complexity index is 1150. The van der Waals surface area contributed by atoms with Crippen LogP contribution in [0.15, 0.2) is 41.8 Å². The number of fused-ring (bicyclic) bond motifs is 2. The van der Waals surface area contributed by atoms with E-state index in [1.807, 2.05) is 26.8 Å². The third-order valence-electron chi connectivity index (χ3n) is 4.11. The van der Waals surface area contributed by atoms with Crippen molar-refractivity contribution in [3.8, 4) is 0 Å². The van der Waals surface area contributed by atoms with Crippen LogP contribution in [0.25, 0.3) is 16.7 Å². The van der Waals surface area contributed by atoms with E-state index in [0.29, 0.717) is 16.7 Å². The molecular formula is C19H21N5O2. The predicted molar refractivity (Wildman–Crippen MR) is 100 cm³/mol.